The summed E-state index contributed by atoms with van der Waals surface area (Å²) in [6.45, 7) is 0.671. The Bertz CT molecular complexity index is 954. The molecule has 2 amide bonds. The van der Waals surface area contributed by atoms with E-state index < -0.39 is 18.0 Å². The zero-order valence-corrected chi connectivity index (χ0v) is 16.0. The van der Waals surface area contributed by atoms with Crippen molar-refractivity contribution >= 4 is 22.8 Å². The number of hydrogen-bond acceptors (Lipinski definition) is 4. The molecule has 6 heteroatoms. The summed E-state index contributed by atoms with van der Waals surface area (Å²) in [6, 6.07) is 21.9. The fraction of sp³-hybridized carbons (Fsp3) is 0.217. The smallest absolute Gasteiger partial charge is 0.312 e. The summed E-state index contributed by atoms with van der Waals surface area (Å²) >= 11 is 0. The number of amides is 2. The van der Waals surface area contributed by atoms with Gasteiger partial charge in [0.1, 0.15) is 5.75 Å². The van der Waals surface area contributed by atoms with Crippen LogP contribution in [0.2, 0.25) is 0 Å². The number of nitrogens with one attached hydrogen (secondary N) is 1. The molecule has 0 heterocycles. The highest BCUT2D eigenvalue weighted by Crippen LogP contribution is 2.25. The van der Waals surface area contributed by atoms with Crippen molar-refractivity contribution in [1.29, 1.82) is 0 Å². The molecule has 3 aromatic carbocycles. The van der Waals surface area contributed by atoms with E-state index in [1.54, 1.807) is 0 Å². The maximum atomic E-state index is 12.2. The van der Waals surface area contributed by atoms with Crippen LogP contribution in [-0.2, 0) is 9.53 Å². The second kappa shape index (κ2) is 10.1. The van der Waals surface area contributed by atoms with Crippen LogP contribution in [0.3, 0.4) is 0 Å². The van der Waals surface area contributed by atoms with Crippen LogP contribution in [0.25, 0.3) is 10.8 Å². The molecule has 0 aliphatic carbocycles. The molecule has 1 atom stereocenters. The van der Waals surface area contributed by atoms with E-state index in [1.165, 1.54) is 0 Å². The van der Waals surface area contributed by atoms with Crippen LogP contribution in [0, 0.1) is 0 Å². The molecule has 1 unspecified atom stereocenters. The van der Waals surface area contributed by atoms with Gasteiger partial charge >= 0.3 is 12.0 Å². The van der Waals surface area contributed by atoms with Crippen LogP contribution in [0.1, 0.15) is 24.4 Å². The second-order valence-electron chi connectivity index (χ2n) is 6.58. The van der Waals surface area contributed by atoms with Gasteiger partial charge < -0.3 is 20.5 Å². The van der Waals surface area contributed by atoms with Crippen LogP contribution in [0.4, 0.5) is 4.79 Å². The van der Waals surface area contributed by atoms with Gasteiger partial charge in [0.05, 0.1) is 25.7 Å². The quantitative estimate of drug-likeness (QED) is 0.426. The molecular weight excluding hydrogens is 368 g/mol. The first kappa shape index (κ1) is 20.2. The van der Waals surface area contributed by atoms with E-state index in [9.17, 15) is 9.59 Å². The first-order valence-electron chi connectivity index (χ1n) is 9.50. The summed E-state index contributed by atoms with van der Waals surface area (Å²) in [5, 5.41) is 4.75. The third-order valence-corrected chi connectivity index (χ3v) is 4.45. The van der Waals surface area contributed by atoms with E-state index in [0.717, 1.165) is 22.1 Å². The van der Waals surface area contributed by atoms with Crippen molar-refractivity contribution in [3.63, 3.8) is 0 Å². The summed E-state index contributed by atoms with van der Waals surface area (Å²) in [5.41, 5.74) is 6.02. The number of carbonyl (C=O) groups excluding carboxylic acids is 2. The summed E-state index contributed by atoms with van der Waals surface area (Å²) < 4.78 is 11.1. The third-order valence-electron chi connectivity index (χ3n) is 4.45. The van der Waals surface area contributed by atoms with Crippen molar-refractivity contribution < 1.29 is 19.1 Å². The number of carbonyl (C=O) groups is 2. The molecule has 0 fully saturated rings. The molecule has 3 rings (SSSR count). The lowest BCUT2D eigenvalue weighted by Crippen LogP contribution is -2.34. The SMILES string of the molecule is NC(=O)NC(CC(=O)OCCCOc1cccc2ccccc12)c1ccccc1. The first-order valence-corrected chi connectivity index (χ1v) is 9.50. The molecule has 3 N–H and O–H groups in total. The van der Waals surface area contributed by atoms with Gasteiger partial charge in [0, 0.05) is 11.8 Å². The topological polar surface area (TPSA) is 90.7 Å². The molecule has 150 valence electrons. The van der Waals surface area contributed by atoms with Gasteiger partial charge in [0.2, 0.25) is 0 Å². The highest BCUT2D eigenvalue weighted by atomic mass is 16.5. The fourth-order valence-electron chi connectivity index (χ4n) is 3.08. The lowest BCUT2D eigenvalue weighted by atomic mass is 10.0. The van der Waals surface area contributed by atoms with Crippen molar-refractivity contribution in [2.45, 2.75) is 18.9 Å². The van der Waals surface area contributed by atoms with E-state index in [-0.39, 0.29) is 13.0 Å². The van der Waals surface area contributed by atoms with Gasteiger partial charge in [0.25, 0.3) is 0 Å². The highest BCUT2D eigenvalue weighted by Gasteiger charge is 2.18. The maximum Gasteiger partial charge on any atom is 0.312 e. The third kappa shape index (κ3) is 5.97. The standard InChI is InChI=1S/C23H24N2O4/c24-23(27)25-20(18-9-2-1-3-10-18)16-22(26)29-15-7-14-28-21-13-6-11-17-8-4-5-12-19(17)21/h1-6,8-13,20H,7,14-16H2,(H3,24,25,27). The van der Waals surface area contributed by atoms with E-state index in [1.807, 2.05) is 72.8 Å². The molecule has 0 spiro atoms. The van der Waals surface area contributed by atoms with Crippen LogP contribution in [-0.4, -0.2) is 25.2 Å². The largest absolute Gasteiger partial charge is 0.493 e. The van der Waals surface area contributed by atoms with Crippen molar-refractivity contribution in [3.8, 4) is 5.75 Å². The monoisotopic (exact) mass is 392 g/mol. The van der Waals surface area contributed by atoms with Gasteiger partial charge in [-0.15, -0.1) is 0 Å². The number of esters is 1. The van der Waals surface area contributed by atoms with Gasteiger partial charge in [-0.2, -0.15) is 0 Å². The van der Waals surface area contributed by atoms with Gasteiger partial charge in [-0.3, -0.25) is 4.79 Å². The molecule has 0 aliphatic rings. The predicted molar refractivity (Wildman–Crippen MR) is 112 cm³/mol. The van der Waals surface area contributed by atoms with E-state index in [4.69, 9.17) is 15.2 Å². The van der Waals surface area contributed by atoms with Crippen LogP contribution in [0.15, 0.2) is 72.8 Å². The van der Waals surface area contributed by atoms with Crippen LogP contribution < -0.4 is 15.8 Å². The number of benzene rings is 3. The number of hydrogen-bond donors (Lipinski definition) is 2. The van der Waals surface area contributed by atoms with E-state index >= 15 is 0 Å². The van der Waals surface area contributed by atoms with Gasteiger partial charge in [-0.1, -0.05) is 66.7 Å². The van der Waals surface area contributed by atoms with Gasteiger partial charge in [-0.05, 0) is 17.0 Å². The minimum Gasteiger partial charge on any atom is -0.493 e. The van der Waals surface area contributed by atoms with E-state index in [0.29, 0.717) is 13.0 Å². The average molecular weight is 392 g/mol. The Balaban J connectivity index is 1.45. The van der Waals surface area contributed by atoms with Crippen molar-refractivity contribution in [3.05, 3.63) is 78.4 Å². The molecule has 6 nitrogen and oxygen atoms in total. The predicted octanol–water partition coefficient (Wildman–Crippen LogP) is 3.95. The summed E-state index contributed by atoms with van der Waals surface area (Å²) in [4.78, 5) is 23.4. The molecule has 0 bridgehead atoms. The van der Waals surface area contributed by atoms with Crippen molar-refractivity contribution in [1.82, 2.24) is 5.32 Å². The van der Waals surface area contributed by atoms with Gasteiger partial charge in [-0.25, -0.2) is 4.79 Å². The maximum absolute atomic E-state index is 12.2. The molecule has 0 aromatic heterocycles. The van der Waals surface area contributed by atoms with Crippen molar-refractivity contribution in [2.24, 2.45) is 5.73 Å². The minimum atomic E-state index is -0.685. The fourth-order valence-corrected chi connectivity index (χ4v) is 3.08. The highest BCUT2D eigenvalue weighted by molar-refractivity contribution is 5.88. The number of ether oxygens (including phenoxy) is 2. The zero-order chi connectivity index (χ0) is 20.5. The number of rotatable bonds is 9. The van der Waals surface area contributed by atoms with Crippen LogP contribution in [0.5, 0.6) is 5.75 Å². The Kier molecular flexibility index (Phi) is 7.05. The lowest BCUT2D eigenvalue weighted by molar-refractivity contribution is -0.144. The molecule has 0 saturated heterocycles. The van der Waals surface area contributed by atoms with Crippen molar-refractivity contribution in [2.75, 3.05) is 13.2 Å². The molecule has 0 aliphatic heterocycles. The molecule has 0 radical (unpaired) electrons. The average Bonchev–Trinajstić information content (AvgIpc) is 2.73. The minimum absolute atomic E-state index is 0.0110. The number of fused-ring (bicyclic) bond motifs is 1. The van der Waals surface area contributed by atoms with Gasteiger partial charge in [0.15, 0.2) is 0 Å². The molecule has 29 heavy (non-hydrogen) atoms. The number of primary amides is 1. The Morgan fingerprint density at radius 1 is 0.897 bits per heavy atom. The molecular formula is C23H24N2O4. The number of urea groups is 1. The Labute approximate surface area is 169 Å². The molecule has 0 saturated carbocycles. The number of nitrogens with two attached hydrogens (primary N) is 1. The summed E-state index contributed by atoms with van der Waals surface area (Å²) in [6.07, 6.45) is 0.575. The normalized spacial score (nSPS) is 11.6. The molecule has 3 aromatic rings. The van der Waals surface area contributed by atoms with Crippen LogP contribution >= 0.6 is 0 Å². The summed E-state index contributed by atoms with van der Waals surface area (Å²) in [7, 11) is 0. The second-order valence-corrected chi connectivity index (χ2v) is 6.58. The van der Waals surface area contributed by atoms with E-state index in [2.05, 4.69) is 5.32 Å². The first-order chi connectivity index (χ1) is 14.1. The Morgan fingerprint density at radius 2 is 1.62 bits per heavy atom. The Morgan fingerprint density at radius 3 is 2.41 bits per heavy atom. The summed E-state index contributed by atoms with van der Waals surface area (Å²) in [5.74, 6) is 0.405. The Hall–Kier alpha value is -3.54. The zero-order valence-electron chi connectivity index (χ0n) is 16.0. The lowest BCUT2D eigenvalue weighted by Gasteiger charge is -2.17.